The van der Waals surface area contributed by atoms with Gasteiger partial charge in [-0.05, 0) is 18.2 Å². The lowest BCUT2D eigenvalue weighted by molar-refractivity contribution is 0.478. The van der Waals surface area contributed by atoms with E-state index in [0.717, 1.165) is 0 Å². The molecule has 0 aliphatic rings. The molecule has 2 aromatic rings. The normalized spacial score (nSPS) is 10.5. The minimum atomic E-state index is -0.183. The highest BCUT2D eigenvalue weighted by Gasteiger charge is 2.14. The quantitative estimate of drug-likeness (QED) is 0.616. The van der Waals surface area contributed by atoms with Gasteiger partial charge in [-0.2, -0.15) is 0 Å². The van der Waals surface area contributed by atoms with Crippen molar-refractivity contribution in [3.8, 4) is 17.0 Å². The maximum Gasteiger partial charge on any atom is 0.157 e. The molecule has 2 rings (SSSR count). The largest absolute Gasteiger partial charge is 0.504 e. The fourth-order valence-electron chi connectivity index (χ4n) is 1.38. The lowest BCUT2D eigenvalue weighted by Gasteiger charge is -2.09. The Kier molecular flexibility index (Phi) is 3.33. The number of hydrogen-bond acceptors (Lipinski definition) is 3. The zero-order valence-corrected chi connectivity index (χ0v) is 10.7. The summed E-state index contributed by atoms with van der Waals surface area (Å²) in [6.07, 6.45) is 1.45. The van der Waals surface area contributed by atoms with E-state index in [0.29, 0.717) is 21.3 Å². The predicted octanol–water partition coefficient (Wildman–Crippen LogP) is 4.00. The molecule has 0 spiro atoms. The van der Waals surface area contributed by atoms with E-state index < -0.39 is 0 Å². The fourth-order valence-corrected chi connectivity index (χ4v) is 2.12. The van der Waals surface area contributed by atoms with Crippen LogP contribution in [-0.4, -0.2) is 10.1 Å². The van der Waals surface area contributed by atoms with Gasteiger partial charge in [-0.3, -0.25) is 4.98 Å². The second kappa shape index (κ2) is 4.61. The van der Waals surface area contributed by atoms with Crippen molar-refractivity contribution in [1.29, 1.82) is 0 Å². The average molecular weight is 290 g/mol. The maximum atomic E-state index is 9.64. The second-order valence-electron chi connectivity index (χ2n) is 3.35. The molecule has 0 aliphatic heterocycles. The first-order chi connectivity index (χ1) is 8.00. The summed E-state index contributed by atoms with van der Waals surface area (Å²) in [7, 11) is 0. The molecule has 0 saturated carbocycles. The molecule has 0 atom stereocenters. The molecule has 17 heavy (non-hydrogen) atoms. The van der Waals surface area contributed by atoms with Crippen molar-refractivity contribution in [1.82, 2.24) is 4.98 Å². The molecule has 0 saturated heterocycles. The average Bonchev–Trinajstić information content (AvgIpc) is 2.28. The number of phenolic OH excluding ortho intramolecular Hbond substituents is 1. The minimum absolute atomic E-state index is 0.113. The summed E-state index contributed by atoms with van der Waals surface area (Å²) in [5, 5.41) is 10.5. The summed E-state index contributed by atoms with van der Waals surface area (Å²) in [5.74, 6) is -0.183. The molecule has 0 bridgehead atoms. The van der Waals surface area contributed by atoms with Crippen LogP contribution in [0.25, 0.3) is 11.3 Å². The number of halogens is 3. The van der Waals surface area contributed by atoms with Crippen LogP contribution in [0.4, 0.5) is 5.69 Å². The van der Waals surface area contributed by atoms with E-state index in [4.69, 9.17) is 40.5 Å². The number of hydrogen-bond donors (Lipinski definition) is 2. The number of aromatic nitrogens is 1. The number of aromatic hydroxyl groups is 1. The maximum absolute atomic E-state index is 9.64. The van der Waals surface area contributed by atoms with Gasteiger partial charge in [0, 0.05) is 11.8 Å². The van der Waals surface area contributed by atoms with Crippen LogP contribution in [0.15, 0.2) is 24.4 Å². The number of nitrogen functional groups attached to an aromatic ring is 1. The molecule has 0 unspecified atom stereocenters. The van der Waals surface area contributed by atoms with Crippen LogP contribution in [0.2, 0.25) is 15.1 Å². The molecule has 0 aliphatic carbocycles. The molecule has 0 radical (unpaired) electrons. The monoisotopic (exact) mass is 288 g/mol. The predicted molar refractivity (Wildman–Crippen MR) is 70.8 cm³/mol. The van der Waals surface area contributed by atoms with E-state index in [1.165, 1.54) is 12.3 Å². The van der Waals surface area contributed by atoms with Gasteiger partial charge in [0.1, 0.15) is 0 Å². The molecule has 3 nitrogen and oxygen atoms in total. The molecule has 0 amide bonds. The van der Waals surface area contributed by atoms with Crippen molar-refractivity contribution >= 4 is 40.5 Å². The Balaban J connectivity index is 2.65. The lowest BCUT2D eigenvalue weighted by Crippen LogP contribution is -1.90. The molecule has 3 N–H and O–H groups in total. The van der Waals surface area contributed by atoms with E-state index in [1.54, 1.807) is 12.1 Å². The van der Waals surface area contributed by atoms with Crippen LogP contribution in [0.1, 0.15) is 0 Å². The van der Waals surface area contributed by atoms with E-state index >= 15 is 0 Å². The first kappa shape index (κ1) is 12.3. The van der Waals surface area contributed by atoms with Gasteiger partial charge >= 0.3 is 0 Å². The van der Waals surface area contributed by atoms with E-state index in [1.807, 2.05) is 0 Å². The van der Waals surface area contributed by atoms with Crippen molar-refractivity contribution in [3.63, 3.8) is 0 Å². The van der Waals surface area contributed by atoms with Gasteiger partial charge in [0.2, 0.25) is 0 Å². The minimum Gasteiger partial charge on any atom is -0.504 e. The number of nitrogens with zero attached hydrogens (tertiary/aromatic N) is 1. The van der Waals surface area contributed by atoms with Crippen LogP contribution < -0.4 is 5.73 Å². The Morgan fingerprint density at radius 3 is 2.53 bits per heavy atom. The third kappa shape index (κ3) is 2.27. The van der Waals surface area contributed by atoms with Crippen LogP contribution in [-0.2, 0) is 0 Å². The molecule has 1 heterocycles. The van der Waals surface area contributed by atoms with Crippen molar-refractivity contribution in [2.45, 2.75) is 0 Å². The Morgan fingerprint density at radius 2 is 1.88 bits per heavy atom. The summed E-state index contributed by atoms with van der Waals surface area (Å²) < 4.78 is 0. The highest BCUT2D eigenvalue weighted by molar-refractivity contribution is 6.38. The van der Waals surface area contributed by atoms with Crippen LogP contribution in [0.3, 0.4) is 0 Å². The lowest BCUT2D eigenvalue weighted by atomic mass is 10.1. The van der Waals surface area contributed by atoms with Crippen molar-refractivity contribution in [2.24, 2.45) is 0 Å². The van der Waals surface area contributed by atoms with Gasteiger partial charge < -0.3 is 10.8 Å². The number of benzene rings is 1. The van der Waals surface area contributed by atoms with Crippen molar-refractivity contribution in [2.75, 3.05) is 5.73 Å². The molecule has 0 fully saturated rings. The standard InChI is InChI=1S/C11H7Cl3N2O/c12-5-3-7(13)10(16-4-5)6-1-2-8(15)11(17)9(6)14/h1-4,17H,15H2. The molecular weight excluding hydrogens is 282 g/mol. The third-order valence-electron chi connectivity index (χ3n) is 2.21. The SMILES string of the molecule is Nc1ccc(-c2ncc(Cl)cc2Cl)c(Cl)c1O. The number of anilines is 1. The Bertz CT molecular complexity index is 587. The molecule has 88 valence electrons. The van der Waals surface area contributed by atoms with Gasteiger partial charge in [-0.15, -0.1) is 0 Å². The van der Waals surface area contributed by atoms with E-state index in [-0.39, 0.29) is 16.5 Å². The number of pyridine rings is 1. The topological polar surface area (TPSA) is 59.1 Å². The molecule has 6 heteroatoms. The fraction of sp³-hybridized carbons (Fsp3) is 0. The summed E-state index contributed by atoms with van der Waals surface area (Å²) in [4.78, 5) is 4.08. The van der Waals surface area contributed by atoms with Crippen LogP contribution in [0.5, 0.6) is 5.75 Å². The number of phenols is 1. The van der Waals surface area contributed by atoms with Gasteiger partial charge in [-0.1, -0.05) is 34.8 Å². The van der Waals surface area contributed by atoms with Gasteiger partial charge in [-0.25, -0.2) is 0 Å². The Labute approximate surface area is 113 Å². The Hall–Kier alpha value is -1.16. The smallest absolute Gasteiger partial charge is 0.157 e. The summed E-state index contributed by atoms with van der Waals surface area (Å²) in [6.45, 7) is 0. The number of nitrogens with two attached hydrogens (primary N) is 1. The van der Waals surface area contributed by atoms with Crippen LogP contribution in [0, 0.1) is 0 Å². The van der Waals surface area contributed by atoms with Gasteiger partial charge in [0.25, 0.3) is 0 Å². The molecular formula is C11H7Cl3N2O. The highest BCUT2D eigenvalue weighted by Crippen LogP contribution is 2.40. The Morgan fingerprint density at radius 1 is 1.18 bits per heavy atom. The van der Waals surface area contributed by atoms with Crippen molar-refractivity contribution in [3.05, 3.63) is 39.5 Å². The first-order valence-corrected chi connectivity index (χ1v) is 5.72. The number of rotatable bonds is 1. The second-order valence-corrected chi connectivity index (χ2v) is 4.57. The highest BCUT2D eigenvalue weighted by atomic mass is 35.5. The van der Waals surface area contributed by atoms with E-state index in [2.05, 4.69) is 4.98 Å². The summed E-state index contributed by atoms with van der Waals surface area (Å²) >= 11 is 17.7. The zero-order chi connectivity index (χ0) is 12.6. The van der Waals surface area contributed by atoms with Gasteiger partial charge in [0.15, 0.2) is 5.75 Å². The van der Waals surface area contributed by atoms with E-state index in [9.17, 15) is 5.11 Å². The zero-order valence-electron chi connectivity index (χ0n) is 8.42. The van der Waals surface area contributed by atoms with Gasteiger partial charge in [0.05, 0.1) is 26.4 Å². The molecule has 1 aromatic heterocycles. The van der Waals surface area contributed by atoms with Crippen LogP contribution >= 0.6 is 34.8 Å². The molecule has 1 aromatic carbocycles. The summed E-state index contributed by atoms with van der Waals surface area (Å²) in [5.41, 5.74) is 6.66. The first-order valence-electron chi connectivity index (χ1n) is 4.59. The summed E-state index contributed by atoms with van der Waals surface area (Å²) in [6, 6.07) is 4.72. The van der Waals surface area contributed by atoms with Crippen molar-refractivity contribution < 1.29 is 5.11 Å². The third-order valence-corrected chi connectivity index (χ3v) is 3.09.